The molecule has 0 spiro atoms. The summed E-state index contributed by atoms with van der Waals surface area (Å²) in [5.74, 6) is 0.881. The summed E-state index contributed by atoms with van der Waals surface area (Å²) in [5, 5.41) is 3.41. The minimum absolute atomic E-state index is 0.487. The van der Waals surface area contributed by atoms with E-state index in [1.54, 1.807) is 0 Å². The number of nitrogens with one attached hydrogen (secondary N) is 1. The zero-order valence-electron chi connectivity index (χ0n) is 12.8. The maximum absolute atomic E-state index is 5.92. The number of rotatable bonds is 6. The third-order valence-electron chi connectivity index (χ3n) is 3.36. The van der Waals surface area contributed by atoms with Gasteiger partial charge in [0.2, 0.25) is 0 Å². The summed E-state index contributed by atoms with van der Waals surface area (Å²) in [5.41, 5.74) is 3.72. The van der Waals surface area contributed by atoms with E-state index >= 15 is 0 Å². The van der Waals surface area contributed by atoms with Gasteiger partial charge in [-0.1, -0.05) is 44.2 Å². The van der Waals surface area contributed by atoms with Crippen molar-refractivity contribution in [2.75, 3.05) is 0 Å². The molecular formula is C18H22BrNO. The van der Waals surface area contributed by atoms with Gasteiger partial charge in [-0.25, -0.2) is 0 Å². The van der Waals surface area contributed by atoms with Gasteiger partial charge in [0.25, 0.3) is 0 Å². The van der Waals surface area contributed by atoms with Crippen LogP contribution >= 0.6 is 15.9 Å². The van der Waals surface area contributed by atoms with E-state index in [1.807, 2.05) is 18.2 Å². The van der Waals surface area contributed by atoms with E-state index in [0.717, 1.165) is 16.8 Å². The SMILES string of the molecule is Cc1ccccc1COc1ccc(CNC(C)C)cc1Br. The third-order valence-corrected chi connectivity index (χ3v) is 3.97. The Balaban J connectivity index is 1.99. The van der Waals surface area contributed by atoms with E-state index in [2.05, 4.69) is 66.3 Å². The molecular weight excluding hydrogens is 326 g/mol. The summed E-state index contributed by atoms with van der Waals surface area (Å²) in [7, 11) is 0. The number of aryl methyl sites for hydroxylation is 1. The maximum atomic E-state index is 5.92. The Labute approximate surface area is 135 Å². The van der Waals surface area contributed by atoms with Crippen LogP contribution in [0.2, 0.25) is 0 Å². The fourth-order valence-corrected chi connectivity index (χ4v) is 2.56. The van der Waals surface area contributed by atoms with Crippen molar-refractivity contribution in [1.82, 2.24) is 5.32 Å². The second-order valence-electron chi connectivity index (χ2n) is 5.52. The first-order valence-electron chi connectivity index (χ1n) is 7.25. The Bertz CT molecular complexity index is 596. The molecule has 2 nitrogen and oxygen atoms in total. The topological polar surface area (TPSA) is 21.3 Å². The minimum atomic E-state index is 0.487. The molecule has 2 aromatic carbocycles. The van der Waals surface area contributed by atoms with Gasteiger partial charge in [0.05, 0.1) is 4.47 Å². The lowest BCUT2D eigenvalue weighted by Gasteiger charge is -2.12. The van der Waals surface area contributed by atoms with E-state index in [0.29, 0.717) is 12.6 Å². The van der Waals surface area contributed by atoms with Gasteiger partial charge in [0.1, 0.15) is 12.4 Å². The van der Waals surface area contributed by atoms with E-state index < -0.39 is 0 Å². The monoisotopic (exact) mass is 347 g/mol. The van der Waals surface area contributed by atoms with E-state index in [1.165, 1.54) is 16.7 Å². The van der Waals surface area contributed by atoms with Crippen molar-refractivity contribution in [3.8, 4) is 5.75 Å². The van der Waals surface area contributed by atoms with Crippen molar-refractivity contribution in [1.29, 1.82) is 0 Å². The summed E-state index contributed by atoms with van der Waals surface area (Å²) < 4.78 is 6.92. The molecule has 2 rings (SSSR count). The molecule has 0 fully saturated rings. The first-order valence-corrected chi connectivity index (χ1v) is 8.04. The van der Waals surface area contributed by atoms with Gasteiger partial charge in [-0.05, 0) is 51.7 Å². The normalized spacial score (nSPS) is 10.9. The molecule has 2 aromatic rings. The smallest absolute Gasteiger partial charge is 0.134 e. The first-order chi connectivity index (χ1) is 10.1. The second-order valence-corrected chi connectivity index (χ2v) is 6.37. The van der Waals surface area contributed by atoms with Crippen LogP contribution < -0.4 is 10.1 Å². The zero-order chi connectivity index (χ0) is 15.2. The molecule has 0 aliphatic carbocycles. The van der Waals surface area contributed by atoms with Gasteiger partial charge in [0, 0.05) is 12.6 Å². The second kappa shape index (κ2) is 7.62. The van der Waals surface area contributed by atoms with Crippen LogP contribution in [-0.2, 0) is 13.2 Å². The molecule has 0 heterocycles. The van der Waals surface area contributed by atoms with Crippen LogP contribution in [0.15, 0.2) is 46.9 Å². The van der Waals surface area contributed by atoms with Gasteiger partial charge in [-0.15, -0.1) is 0 Å². The lowest BCUT2D eigenvalue weighted by atomic mass is 10.1. The molecule has 3 heteroatoms. The summed E-state index contributed by atoms with van der Waals surface area (Å²) >= 11 is 3.59. The van der Waals surface area contributed by atoms with E-state index in [4.69, 9.17) is 4.74 Å². The molecule has 0 amide bonds. The van der Waals surface area contributed by atoms with E-state index in [9.17, 15) is 0 Å². The van der Waals surface area contributed by atoms with Gasteiger partial charge < -0.3 is 10.1 Å². The molecule has 0 unspecified atom stereocenters. The molecule has 0 aromatic heterocycles. The molecule has 0 saturated carbocycles. The molecule has 0 atom stereocenters. The molecule has 0 saturated heterocycles. The fourth-order valence-electron chi connectivity index (χ4n) is 2.02. The van der Waals surface area contributed by atoms with Crippen molar-refractivity contribution in [3.05, 3.63) is 63.6 Å². The molecule has 0 aliphatic rings. The fraction of sp³-hybridized carbons (Fsp3) is 0.333. The maximum Gasteiger partial charge on any atom is 0.134 e. The van der Waals surface area contributed by atoms with Crippen molar-refractivity contribution in [2.45, 2.75) is 40.0 Å². The first kappa shape index (κ1) is 16.1. The molecule has 21 heavy (non-hydrogen) atoms. The Morgan fingerprint density at radius 3 is 2.57 bits per heavy atom. The Morgan fingerprint density at radius 2 is 1.90 bits per heavy atom. The number of hydrogen-bond donors (Lipinski definition) is 1. The number of halogens is 1. The van der Waals surface area contributed by atoms with Crippen molar-refractivity contribution in [3.63, 3.8) is 0 Å². The van der Waals surface area contributed by atoms with Crippen molar-refractivity contribution >= 4 is 15.9 Å². The van der Waals surface area contributed by atoms with Crippen molar-refractivity contribution in [2.24, 2.45) is 0 Å². The molecule has 0 bridgehead atoms. The highest BCUT2D eigenvalue weighted by Gasteiger charge is 2.05. The van der Waals surface area contributed by atoms with E-state index in [-0.39, 0.29) is 0 Å². The van der Waals surface area contributed by atoms with Crippen LogP contribution in [0.1, 0.15) is 30.5 Å². The Hall–Kier alpha value is -1.32. The predicted molar refractivity (Wildman–Crippen MR) is 91.6 cm³/mol. The highest BCUT2D eigenvalue weighted by atomic mass is 79.9. The highest BCUT2D eigenvalue weighted by Crippen LogP contribution is 2.27. The molecule has 0 radical (unpaired) electrons. The van der Waals surface area contributed by atoms with Crippen LogP contribution in [0, 0.1) is 6.92 Å². The minimum Gasteiger partial charge on any atom is -0.488 e. The van der Waals surface area contributed by atoms with Gasteiger partial charge in [-0.2, -0.15) is 0 Å². The number of hydrogen-bond acceptors (Lipinski definition) is 2. The van der Waals surface area contributed by atoms with Gasteiger partial charge >= 0.3 is 0 Å². The largest absolute Gasteiger partial charge is 0.488 e. The van der Waals surface area contributed by atoms with Crippen LogP contribution in [0.4, 0.5) is 0 Å². The molecule has 1 N–H and O–H groups in total. The average Bonchev–Trinajstić information content (AvgIpc) is 2.45. The van der Waals surface area contributed by atoms with Crippen LogP contribution in [0.5, 0.6) is 5.75 Å². The zero-order valence-corrected chi connectivity index (χ0v) is 14.4. The Morgan fingerprint density at radius 1 is 1.14 bits per heavy atom. The third kappa shape index (κ3) is 4.87. The number of benzene rings is 2. The Kier molecular flexibility index (Phi) is 5.83. The summed E-state index contributed by atoms with van der Waals surface area (Å²) in [6, 6.07) is 15.0. The highest BCUT2D eigenvalue weighted by molar-refractivity contribution is 9.10. The lowest BCUT2D eigenvalue weighted by molar-refractivity contribution is 0.303. The predicted octanol–water partition coefficient (Wildman–Crippen LogP) is 4.83. The summed E-state index contributed by atoms with van der Waals surface area (Å²) in [6.45, 7) is 7.86. The van der Waals surface area contributed by atoms with Gasteiger partial charge in [0.15, 0.2) is 0 Å². The number of ether oxygens (including phenoxy) is 1. The van der Waals surface area contributed by atoms with Crippen LogP contribution in [0.25, 0.3) is 0 Å². The van der Waals surface area contributed by atoms with Crippen LogP contribution in [0.3, 0.4) is 0 Å². The molecule has 0 aliphatic heterocycles. The van der Waals surface area contributed by atoms with Crippen LogP contribution in [-0.4, -0.2) is 6.04 Å². The van der Waals surface area contributed by atoms with Crippen molar-refractivity contribution < 1.29 is 4.74 Å². The summed E-state index contributed by atoms with van der Waals surface area (Å²) in [6.07, 6.45) is 0. The molecule has 112 valence electrons. The summed E-state index contributed by atoms with van der Waals surface area (Å²) in [4.78, 5) is 0. The lowest BCUT2D eigenvalue weighted by Crippen LogP contribution is -2.21. The standard InChI is InChI=1S/C18H22BrNO/c1-13(2)20-11-15-8-9-18(17(19)10-15)21-12-16-7-5-4-6-14(16)3/h4-10,13,20H,11-12H2,1-3H3. The quantitative estimate of drug-likeness (QED) is 0.807. The van der Waals surface area contributed by atoms with Gasteiger partial charge in [-0.3, -0.25) is 0 Å². The average molecular weight is 348 g/mol.